The van der Waals surface area contributed by atoms with E-state index in [0.717, 1.165) is 5.70 Å². The van der Waals surface area contributed by atoms with Gasteiger partial charge in [-0.1, -0.05) is 32.1 Å². The number of hydrogen-bond acceptors (Lipinski definition) is 2. The molecule has 13 heavy (non-hydrogen) atoms. The van der Waals surface area contributed by atoms with Crippen LogP contribution in [0.25, 0.3) is 5.01 Å². The molecule has 0 saturated heterocycles. The van der Waals surface area contributed by atoms with Gasteiger partial charge in [0, 0.05) is 5.41 Å². The lowest BCUT2D eigenvalue weighted by molar-refractivity contribution is 0.162. The van der Waals surface area contributed by atoms with Gasteiger partial charge < -0.3 is 0 Å². The van der Waals surface area contributed by atoms with E-state index in [4.69, 9.17) is 6.57 Å². The first-order chi connectivity index (χ1) is 6.14. The van der Waals surface area contributed by atoms with Crippen molar-refractivity contribution in [3.63, 3.8) is 0 Å². The topological polar surface area (TPSA) is 25.6 Å². The van der Waals surface area contributed by atoms with Crippen LogP contribution in [0.2, 0.25) is 0 Å². The van der Waals surface area contributed by atoms with Crippen LogP contribution in [0.4, 0.5) is 0 Å². The molecule has 0 radical (unpaired) electrons. The molecular weight excluding hydrogens is 164 g/mol. The lowest BCUT2D eigenvalue weighted by Crippen LogP contribution is -2.07. The van der Waals surface area contributed by atoms with Gasteiger partial charge in [0.15, 0.2) is 0 Å². The monoisotopic (exact) mass is 177 g/mol. The van der Waals surface area contributed by atoms with Gasteiger partial charge in [0.05, 0.1) is 5.70 Å². The molecule has 1 rings (SSSR count). The molecule has 1 aliphatic carbocycles. The average Bonchev–Trinajstić information content (AvgIpc) is 2.23. The molecule has 0 aliphatic heterocycles. The number of rotatable bonds is 2. The van der Waals surface area contributed by atoms with Gasteiger partial charge in [0.2, 0.25) is 5.01 Å². The zero-order valence-corrected chi connectivity index (χ0v) is 7.82. The molecule has 0 spiro atoms. The highest BCUT2D eigenvalue weighted by atomic mass is 16.8. The highest BCUT2D eigenvalue weighted by molar-refractivity contribution is 5.28. The fourth-order valence-electron chi connectivity index (χ4n) is 0.963. The molecular formula is C10H13N2O+. The van der Waals surface area contributed by atoms with Crippen LogP contribution in [0.1, 0.15) is 13.8 Å². The van der Waals surface area contributed by atoms with Crippen LogP contribution < -0.4 is 5.48 Å². The van der Waals surface area contributed by atoms with E-state index >= 15 is 0 Å². The summed E-state index contributed by atoms with van der Waals surface area (Å²) in [4.78, 5) is 4.50. The predicted molar refractivity (Wildman–Crippen MR) is 52.7 cm³/mol. The molecule has 0 aromatic rings. The van der Waals surface area contributed by atoms with E-state index in [2.05, 4.69) is 41.4 Å². The van der Waals surface area contributed by atoms with Crippen molar-refractivity contribution in [1.82, 2.24) is 5.48 Å². The summed E-state index contributed by atoms with van der Waals surface area (Å²) in [6.07, 6.45) is 9.93. The maximum atomic E-state index is 4.81. The van der Waals surface area contributed by atoms with Gasteiger partial charge >= 0.3 is 6.57 Å². The Labute approximate surface area is 78.1 Å². The summed E-state index contributed by atoms with van der Waals surface area (Å²) in [5.74, 6) is 0. The molecule has 0 aromatic carbocycles. The predicted octanol–water partition coefficient (Wildman–Crippen LogP) is 2.42. The van der Waals surface area contributed by atoms with Crippen LogP contribution in [0.3, 0.4) is 0 Å². The minimum Gasteiger partial charge on any atom is -0.144 e. The second kappa shape index (κ2) is 3.81. The number of nitrogens with one attached hydrogen (secondary N) is 1. The van der Waals surface area contributed by atoms with E-state index in [1.165, 1.54) is 0 Å². The number of nitrogens with zero attached hydrogens (tertiary/aromatic N) is 1. The summed E-state index contributed by atoms with van der Waals surface area (Å²) in [6.45, 7) is 9.04. The van der Waals surface area contributed by atoms with E-state index in [0.29, 0.717) is 0 Å². The van der Waals surface area contributed by atoms with Crippen molar-refractivity contribution < 1.29 is 4.94 Å². The number of hydrogen-bond donors (Lipinski definition) is 1. The molecule has 68 valence electrons. The van der Waals surface area contributed by atoms with Crippen molar-refractivity contribution in [3.05, 3.63) is 41.1 Å². The lowest BCUT2D eigenvalue weighted by atomic mass is 9.93. The van der Waals surface area contributed by atoms with Crippen molar-refractivity contribution in [1.29, 1.82) is 0 Å². The van der Waals surface area contributed by atoms with Crippen LogP contribution in [0.5, 0.6) is 0 Å². The van der Waals surface area contributed by atoms with E-state index < -0.39 is 0 Å². The molecule has 0 unspecified atom stereocenters. The molecule has 0 heterocycles. The van der Waals surface area contributed by atoms with E-state index in [9.17, 15) is 0 Å². The van der Waals surface area contributed by atoms with Crippen LogP contribution in [-0.4, -0.2) is 0 Å². The van der Waals surface area contributed by atoms with Gasteiger partial charge in [-0.2, -0.15) is 0 Å². The first-order valence-electron chi connectivity index (χ1n) is 4.05. The fraction of sp³-hybridized carbons (Fsp3) is 0.300. The first-order valence-corrected chi connectivity index (χ1v) is 4.05. The minimum atomic E-state index is 0.0692. The van der Waals surface area contributed by atoms with E-state index in [-0.39, 0.29) is 5.41 Å². The zero-order valence-electron chi connectivity index (χ0n) is 7.82. The summed E-state index contributed by atoms with van der Waals surface area (Å²) in [6, 6.07) is 0. The largest absolute Gasteiger partial charge is 0.338 e. The van der Waals surface area contributed by atoms with Gasteiger partial charge in [-0.15, -0.1) is 5.48 Å². The van der Waals surface area contributed by atoms with Crippen molar-refractivity contribution in [3.8, 4) is 6.57 Å². The summed E-state index contributed by atoms with van der Waals surface area (Å²) in [5, 5.41) is 2.99. The minimum absolute atomic E-state index is 0.0692. The molecule has 0 aromatic heterocycles. The van der Waals surface area contributed by atoms with Crippen molar-refractivity contribution in [2.45, 2.75) is 13.8 Å². The third-order valence-electron chi connectivity index (χ3n) is 1.71. The molecule has 0 saturated carbocycles. The van der Waals surface area contributed by atoms with Crippen LogP contribution in [0, 0.1) is 12.0 Å². The lowest BCUT2D eigenvalue weighted by Gasteiger charge is -2.12. The molecule has 0 atom stereocenters. The molecule has 3 nitrogen and oxygen atoms in total. The number of hydroxylamine groups is 1. The Morgan fingerprint density at radius 3 is 2.92 bits per heavy atom. The van der Waals surface area contributed by atoms with Crippen LogP contribution >= 0.6 is 0 Å². The molecule has 0 bridgehead atoms. The third-order valence-corrected chi connectivity index (χ3v) is 1.71. The maximum Gasteiger partial charge on any atom is 0.338 e. The standard InChI is InChI=1S/C10H13N2O/c1-10(2)7-4-5-9(6-8-10)12-13-11-3/h3-8,12H,1-2H3/q+1. The quantitative estimate of drug-likeness (QED) is 0.655. The second-order valence-corrected chi connectivity index (χ2v) is 3.43. The Morgan fingerprint density at radius 1 is 1.46 bits per heavy atom. The number of allylic oxidation sites excluding steroid dienone is 5. The summed E-state index contributed by atoms with van der Waals surface area (Å²) < 4.78 is 0. The molecule has 3 heteroatoms. The van der Waals surface area contributed by atoms with Gasteiger partial charge in [0.1, 0.15) is 0 Å². The Kier molecular flexibility index (Phi) is 2.76. The molecule has 0 fully saturated rings. The van der Waals surface area contributed by atoms with Crippen LogP contribution in [-0.2, 0) is 4.94 Å². The smallest absolute Gasteiger partial charge is 0.144 e. The third kappa shape index (κ3) is 3.04. The molecule has 1 aliphatic rings. The fourth-order valence-corrected chi connectivity index (χ4v) is 0.963. The Morgan fingerprint density at radius 2 is 2.23 bits per heavy atom. The maximum absolute atomic E-state index is 4.81. The van der Waals surface area contributed by atoms with Crippen molar-refractivity contribution in [2.75, 3.05) is 0 Å². The summed E-state index contributed by atoms with van der Waals surface area (Å²) in [5.41, 5.74) is 3.47. The Hall–Kier alpha value is -1.69. The van der Waals surface area contributed by atoms with Crippen LogP contribution in [0.15, 0.2) is 36.1 Å². The van der Waals surface area contributed by atoms with E-state index in [1.54, 1.807) is 0 Å². The highest BCUT2D eigenvalue weighted by Gasteiger charge is 2.10. The SMILES string of the molecule is C#[N+]ONC1=CC=CC(C)(C)C=C1. The van der Waals surface area contributed by atoms with Crippen molar-refractivity contribution in [2.24, 2.45) is 5.41 Å². The van der Waals surface area contributed by atoms with Gasteiger partial charge in [-0.25, -0.2) is 0 Å². The summed E-state index contributed by atoms with van der Waals surface area (Å²) in [7, 11) is 0. The molecule has 1 N–H and O–H groups in total. The van der Waals surface area contributed by atoms with Gasteiger partial charge in [0.25, 0.3) is 0 Å². The zero-order chi connectivity index (χ0) is 9.73. The van der Waals surface area contributed by atoms with Crippen molar-refractivity contribution >= 4 is 0 Å². The Bertz CT molecular complexity index is 305. The normalized spacial score (nSPS) is 18.4. The highest BCUT2D eigenvalue weighted by Crippen LogP contribution is 2.21. The Balaban J connectivity index is 2.66. The molecule has 0 amide bonds. The van der Waals surface area contributed by atoms with E-state index in [1.807, 2.05) is 18.2 Å². The average molecular weight is 177 g/mol. The second-order valence-electron chi connectivity index (χ2n) is 3.43. The van der Waals surface area contributed by atoms with Gasteiger partial charge in [-0.05, 0) is 17.1 Å². The first kappa shape index (κ1) is 9.40. The van der Waals surface area contributed by atoms with Gasteiger partial charge in [-0.3, -0.25) is 0 Å². The summed E-state index contributed by atoms with van der Waals surface area (Å²) >= 11 is 0.